The minimum absolute atomic E-state index is 0.106. The Bertz CT molecular complexity index is 1290. The molecule has 2 saturated heterocycles. The Kier molecular flexibility index (Phi) is 9.61. The summed E-state index contributed by atoms with van der Waals surface area (Å²) in [6.07, 6.45) is 6.44. The van der Waals surface area contributed by atoms with E-state index < -0.39 is 0 Å². The van der Waals surface area contributed by atoms with E-state index in [1.54, 1.807) is 13.4 Å². The third kappa shape index (κ3) is 7.49. The maximum Gasteiger partial charge on any atom is 0.321 e. The Balaban J connectivity index is 1.18. The standard InChI is InChI=1S/C31H42N6O4/c1-22(2)41-25-10-8-24(9-11-25)35-31(38)37-15-13-36(14-16-37)30-26-18-28(39-3)29(19-27(26)33-21-34-30)40-17-5-7-23-6-4-12-32-20-23/h8-11,18-19,21-23,32H,4-7,12-17,20H2,1-3H3,(H,35,38). The molecule has 2 aliphatic heterocycles. The van der Waals surface area contributed by atoms with Gasteiger partial charge in [0, 0.05) is 43.3 Å². The number of aromatic nitrogens is 2. The molecule has 41 heavy (non-hydrogen) atoms. The monoisotopic (exact) mass is 562 g/mol. The number of anilines is 2. The molecule has 0 radical (unpaired) electrons. The van der Waals surface area contributed by atoms with Gasteiger partial charge in [-0.15, -0.1) is 0 Å². The molecule has 5 rings (SSSR count). The van der Waals surface area contributed by atoms with E-state index in [1.807, 2.05) is 55.1 Å². The van der Waals surface area contributed by atoms with Gasteiger partial charge < -0.3 is 34.6 Å². The maximum absolute atomic E-state index is 12.9. The quantitative estimate of drug-likeness (QED) is 0.335. The van der Waals surface area contributed by atoms with Gasteiger partial charge in [0.15, 0.2) is 11.5 Å². The predicted octanol–water partition coefficient (Wildman–Crippen LogP) is 4.94. The fourth-order valence-electron chi connectivity index (χ4n) is 5.51. The first-order valence-electron chi connectivity index (χ1n) is 14.7. The van der Waals surface area contributed by atoms with Crippen LogP contribution in [0.15, 0.2) is 42.7 Å². The molecule has 3 aromatic rings. The zero-order chi connectivity index (χ0) is 28.6. The van der Waals surface area contributed by atoms with Gasteiger partial charge in [-0.1, -0.05) is 0 Å². The Morgan fingerprint density at radius 3 is 2.61 bits per heavy atom. The molecule has 0 aliphatic carbocycles. The number of methoxy groups -OCH3 is 1. The molecule has 2 aliphatic rings. The number of piperidine rings is 1. The molecule has 220 valence electrons. The van der Waals surface area contributed by atoms with Crippen LogP contribution in [-0.2, 0) is 0 Å². The van der Waals surface area contributed by atoms with E-state index in [2.05, 4.69) is 25.5 Å². The summed E-state index contributed by atoms with van der Waals surface area (Å²) < 4.78 is 17.5. The molecular formula is C31H42N6O4. The largest absolute Gasteiger partial charge is 0.493 e. The van der Waals surface area contributed by atoms with Crippen molar-refractivity contribution in [1.82, 2.24) is 20.2 Å². The number of rotatable bonds is 10. The Morgan fingerprint density at radius 2 is 1.90 bits per heavy atom. The summed E-state index contributed by atoms with van der Waals surface area (Å²) in [4.78, 5) is 26.1. The predicted molar refractivity (Wildman–Crippen MR) is 161 cm³/mol. The highest BCUT2D eigenvalue weighted by Crippen LogP contribution is 2.35. The molecule has 10 nitrogen and oxygen atoms in total. The number of nitrogens with zero attached hydrogens (tertiary/aromatic N) is 4. The Labute approximate surface area is 242 Å². The number of urea groups is 1. The van der Waals surface area contributed by atoms with Gasteiger partial charge in [0.05, 0.1) is 25.3 Å². The van der Waals surface area contributed by atoms with Crippen molar-refractivity contribution in [1.29, 1.82) is 0 Å². The van der Waals surface area contributed by atoms with Crippen molar-refractivity contribution >= 4 is 28.4 Å². The molecule has 2 amide bonds. The van der Waals surface area contributed by atoms with Crippen molar-refractivity contribution < 1.29 is 19.0 Å². The van der Waals surface area contributed by atoms with Crippen molar-refractivity contribution in [2.45, 2.75) is 45.6 Å². The first kappa shape index (κ1) is 28.7. The molecule has 1 unspecified atom stereocenters. The molecule has 3 heterocycles. The van der Waals surface area contributed by atoms with Crippen LogP contribution in [0.1, 0.15) is 39.5 Å². The number of nitrogens with one attached hydrogen (secondary N) is 2. The molecular weight excluding hydrogens is 520 g/mol. The number of hydrogen-bond donors (Lipinski definition) is 2. The van der Waals surface area contributed by atoms with Crippen molar-refractivity contribution in [3.63, 3.8) is 0 Å². The van der Waals surface area contributed by atoms with Crippen molar-refractivity contribution in [2.24, 2.45) is 5.92 Å². The SMILES string of the molecule is COc1cc2c(N3CCN(C(=O)Nc4ccc(OC(C)C)cc4)CC3)ncnc2cc1OCCCC1CCCNC1. The summed E-state index contributed by atoms with van der Waals surface area (Å²) in [5.74, 6) is 3.74. The van der Waals surface area contributed by atoms with Gasteiger partial charge in [0.25, 0.3) is 0 Å². The van der Waals surface area contributed by atoms with E-state index in [0.717, 1.165) is 53.6 Å². The van der Waals surface area contributed by atoms with Crippen LogP contribution in [0.4, 0.5) is 16.3 Å². The lowest BCUT2D eigenvalue weighted by Crippen LogP contribution is -2.50. The third-order valence-electron chi connectivity index (χ3n) is 7.66. The van der Waals surface area contributed by atoms with Crippen molar-refractivity contribution in [3.8, 4) is 17.2 Å². The highest BCUT2D eigenvalue weighted by Gasteiger charge is 2.24. The lowest BCUT2D eigenvalue weighted by molar-refractivity contribution is 0.208. The van der Waals surface area contributed by atoms with Gasteiger partial charge in [-0.2, -0.15) is 0 Å². The van der Waals surface area contributed by atoms with E-state index in [4.69, 9.17) is 14.2 Å². The van der Waals surface area contributed by atoms with Gasteiger partial charge in [-0.3, -0.25) is 0 Å². The van der Waals surface area contributed by atoms with E-state index in [1.165, 1.54) is 19.3 Å². The number of benzene rings is 2. The molecule has 2 fully saturated rings. The van der Waals surface area contributed by atoms with Gasteiger partial charge in [-0.05, 0) is 88.9 Å². The van der Waals surface area contributed by atoms with Gasteiger partial charge in [0.1, 0.15) is 17.9 Å². The van der Waals surface area contributed by atoms with E-state index in [-0.39, 0.29) is 12.1 Å². The summed E-state index contributed by atoms with van der Waals surface area (Å²) in [6.45, 7) is 9.37. The summed E-state index contributed by atoms with van der Waals surface area (Å²) in [5, 5.41) is 7.38. The first-order valence-corrected chi connectivity index (χ1v) is 14.7. The minimum Gasteiger partial charge on any atom is -0.493 e. The molecule has 10 heteroatoms. The molecule has 0 saturated carbocycles. The van der Waals surface area contributed by atoms with Crippen LogP contribution in [0.3, 0.4) is 0 Å². The zero-order valence-electron chi connectivity index (χ0n) is 24.4. The molecule has 0 bridgehead atoms. The number of piperazine rings is 1. The maximum atomic E-state index is 12.9. The first-order chi connectivity index (χ1) is 20.0. The van der Waals surface area contributed by atoms with Crippen LogP contribution in [0.5, 0.6) is 17.2 Å². The molecule has 2 aromatic carbocycles. The normalized spacial score (nSPS) is 17.5. The number of ether oxygens (including phenoxy) is 3. The Morgan fingerprint density at radius 1 is 1.10 bits per heavy atom. The lowest BCUT2D eigenvalue weighted by Gasteiger charge is -2.35. The fourth-order valence-corrected chi connectivity index (χ4v) is 5.51. The van der Waals surface area contributed by atoms with Crippen molar-refractivity contribution in [3.05, 3.63) is 42.7 Å². The smallest absolute Gasteiger partial charge is 0.321 e. The van der Waals surface area contributed by atoms with Crippen LogP contribution in [0.2, 0.25) is 0 Å². The van der Waals surface area contributed by atoms with Crippen LogP contribution in [0, 0.1) is 5.92 Å². The molecule has 0 spiro atoms. The highest BCUT2D eigenvalue weighted by molar-refractivity contribution is 5.92. The van der Waals surface area contributed by atoms with E-state index in [0.29, 0.717) is 44.3 Å². The molecule has 1 aromatic heterocycles. The molecule has 2 N–H and O–H groups in total. The number of carbonyl (C=O) groups is 1. The van der Waals surface area contributed by atoms with Crippen LogP contribution in [-0.4, -0.2) is 80.0 Å². The third-order valence-corrected chi connectivity index (χ3v) is 7.66. The minimum atomic E-state index is -0.113. The molecule has 1 atom stereocenters. The zero-order valence-corrected chi connectivity index (χ0v) is 24.4. The number of amides is 2. The lowest BCUT2D eigenvalue weighted by atomic mass is 9.95. The number of carbonyl (C=O) groups excluding carboxylic acids is 1. The topological polar surface area (TPSA) is 101 Å². The second-order valence-corrected chi connectivity index (χ2v) is 11.0. The van der Waals surface area contributed by atoms with Gasteiger partial charge in [0.2, 0.25) is 0 Å². The second-order valence-electron chi connectivity index (χ2n) is 11.0. The second kappa shape index (κ2) is 13.7. The summed E-state index contributed by atoms with van der Waals surface area (Å²) in [7, 11) is 1.66. The number of fused-ring (bicyclic) bond motifs is 1. The average Bonchev–Trinajstić information content (AvgIpc) is 3.00. The average molecular weight is 563 g/mol. The van der Waals surface area contributed by atoms with E-state index in [9.17, 15) is 4.79 Å². The summed E-state index contributed by atoms with van der Waals surface area (Å²) >= 11 is 0. The highest BCUT2D eigenvalue weighted by atomic mass is 16.5. The summed E-state index contributed by atoms with van der Waals surface area (Å²) in [5.41, 5.74) is 1.55. The fraction of sp³-hybridized carbons (Fsp3) is 0.516. The van der Waals surface area contributed by atoms with Crippen LogP contribution < -0.4 is 29.7 Å². The van der Waals surface area contributed by atoms with Gasteiger partial charge >= 0.3 is 6.03 Å². The van der Waals surface area contributed by atoms with Gasteiger partial charge in [-0.25, -0.2) is 14.8 Å². The van der Waals surface area contributed by atoms with Crippen LogP contribution in [0.25, 0.3) is 10.9 Å². The summed E-state index contributed by atoms with van der Waals surface area (Å²) in [6, 6.07) is 11.3. The van der Waals surface area contributed by atoms with Crippen LogP contribution >= 0.6 is 0 Å². The Hall–Kier alpha value is -3.79. The number of hydrogen-bond acceptors (Lipinski definition) is 8. The van der Waals surface area contributed by atoms with E-state index >= 15 is 0 Å². The van der Waals surface area contributed by atoms with Crippen molar-refractivity contribution in [2.75, 3.05) is 63.2 Å².